The second-order valence-electron chi connectivity index (χ2n) is 4.91. The largest absolute Gasteiger partial charge is 0.454 e. The molecule has 6 heteroatoms. The lowest BCUT2D eigenvalue weighted by Crippen LogP contribution is -2.26. The maximum Gasteiger partial charge on any atom is 0.253 e. The molecule has 1 aliphatic heterocycles. The van der Waals surface area contributed by atoms with E-state index in [2.05, 4.69) is 5.32 Å². The molecule has 1 aliphatic rings. The summed E-state index contributed by atoms with van der Waals surface area (Å²) in [6.07, 6.45) is 0. The number of ether oxygens (including phenoxy) is 2. The lowest BCUT2D eigenvalue weighted by molar-refractivity contribution is 0.0940. The van der Waals surface area contributed by atoms with Gasteiger partial charge in [0, 0.05) is 0 Å². The van der Waals surface area contributed by atoms with Crippen LogP contribution in [0.1, 0.15) is 28.9 Å². The molecule has 0 bridgehead atoms. The lowest BCUT2D eigenvalue weighted by Gasteiger charge is -2.15. The SMILES string of the molecule is C[C@@H](NC(=O)c1cccc(Cl)c1Cl)c1ccc2c(c1)OCO2. The molecule has 0 unspecified atom stereocenters. The number of hydrogen-bond donors (Lipinski definition) is 1. The van der Waals surface area contributed by atoms with E-state index < -0.39 is 0 Å². The molecule has 0 spiro atoms. The number of carbonyl (C=O) groups excluding carboxylic acids is 1. The van der Waals surface area contributed by atoms with Gasteiger partial charge in [0.25, 0.3) is 5.91 Å². The Balaban J connectivity index is 1.77. The van der Waals surface area contributed by atoms with Gasteiger partial charge in [-0.15, -0.1) is 0 Å². The standard InChI is InChI=1S/C16H13Cl2NO3/c1-9(10-5-6-13-14(7-10)22-8-21-13)19-16(20)11-3-2-4-12(17)15(11)18/h2-7,9H,8H2,1H3,(H,19,20)/t9-/m1/s1. The van der Waals surface area contributed by atoms with Crippen LogP contribution in [0.15, 0.2) is 36.4 Å². The summed E-state index contributed by atoms with van der Waals surface area (Å²) < 4.78 is 10.6. The number of amides is 1. The number of halogens is 2. The van der Waals surface area contributed by atoms with Gasteiger partial charge in [-0.05, 0) is 36.8 Å². The van der Waals surface area contributed by atoms with E-state index in [1.165, 1.54) is 0 Å². The highest BCUT2D eigenvalue weighted by molar-refractivity contribution is 6.43. The minimum atomic E-state index is -0.280. The Morgan fingerprint density at radius 3 is 2.77 bits per heavy atom. The second kappa shape index (κ2) is 6.07. The van der Waals surface area contributed by atoms with Crippen LogP contribution in [-0.2, 0) is 0 Å². The Morgan fingerprint density at radius 1 is 1.18 bits per heavy atom. The van der Waals surface area contributed by atoms with E-state index in [-0.39, 0.29) is 23.8 Å². The Bertz CT molecular complexity index is 733. The molecule has 0 saturated heterocycles. The number of benzene rings is 2. The van der Waals surface area contributed by atoms with Crippen LogP contribution in [0.4, 0.5) is 0 Å². The van der Waals surface area contributed by atoms with Gasteiger partial charge in [0.1, 0.15) is 0 Å². The van der Waals surface area contributed by atoms with E-state index in [0.717, 1.165) is 5.56 Å². The molecule has 22 heavy (non-hydrogen) atoms. The number of nitrogens with one attached hydrogen (secondary N) is 1. The van der Waals surface area contributed by atoms with Crippen molar-refractivity contribution in [3.8, 4) is 11.5 Å². The molecular formula is C16H13Cl2NO3. The molecule has 4 nitrogen and oxygen atoms in total. The first kappa shape index (κ1) is 15.0. The summed E-state index contributed by atoms with van der Waals surface area (Å²) in [6, 6.07) is 10.3. The molecule has 0 saturated carbocycles. The summed E-state index contributed by atoms with van der Waals surface area (Å²) in [5, 5.41) is 3.49. The van der Waals surface area contributed by atoms with Crippen molar-refractivity contribution in [2.45, 2.75) is 13.0 Å². The van der Waals surface area contributed by atoms with Crippen molar-refractivity contribution < 1.29 is 14.3 Å². The summed E-state index contributed by atoms with van der Waals surface area (Å²) in [5.74, 6) is 1.11. The summed E-state index contributed by atoms with van der Waals surface area (Å²) in [5.41, 5.74) is 1.26. The van der Waals surface area contributed by atoms with Crippen LogP contribution in [0.3, 0.4) is 0 Å². The van der Waals surface area contributed by atoms with Crippen LogP contribution in [0.25, 0.3) is 0 Å². The van der Waals surface area contributed by atoms with Gasteiger partial charge in [-0.2, -0.15) is 0 Å². The van der Waals surface area contributed by atoms with E-state index in [1.807, 2.05) is 25.1 Å². The van der Waals surface area contributed by atoms with Crippen molar-refractivity contribution in [3.63, 3.8) is 0 Å². The maximum atomic E-state index is 12.3. The first-order valence-electron chi connectivity index (χ1n) is 6.70. The summed E-state index contributed by atoms with van der Waals surface area (Å²) in [4.78, 5) is 12.3. The quantitative estimate of drug-likeness (QED) is 0.912. The molecular weight excluding hydrogens is 325 g/mol. The molecule has 1 N–H and O–H groups in total. The van der Waals surface area contributed by atoms with Crippen LogP contribution in [-0.4, -0.2) is 12.7 Å². The van der Waals surface area contributed by atoms with Crippen molar-refractivity contribution in [3.05, 3.63) is 57.6 Å². The smallest absolute Gasteiger partial charge is 0.253 e. The molecule has 0 aromatic heterocycles. The molecule has 1 heterocycles. The van der Waals surface area contributed by atoms with Crippen LogP contribution in [0.2, 0.25) is 10.0 Å². The zero-order valence-electron chi connectivity index (χ0n) is 11.7. The third-order valence-corrected chi connectivity index (χ3v) is 4.26. The zero-order valence-corrected chi connectivity index (χ0v) is 13.2. The molecule has 0 aliphatic carbocycles. The first-order valence-corrected chi connectivity index (χ1v) is 7.46. The normalized spacial score (nSPS) is 13.8. The fraction of sp³-hybridized carbons (Fsp3) is 0.188. The van der Waals surface area contributed by atoms with Gasteiger partial charge in [-0.25, -0.2) is 0 Å². The average molecular weight is 338 g/mol. The number of hydrogen-bond acceptors (Lipinski definition) is 3. The average Bonchev–Trinajstić information content (AvgIpc) is 2.97. The van der Waals surface area contributed by atoms with E-state index in [1.54, 1.807) is 18.2 Å². The summed E-state index contributed by atoms with van der Waals surface area (Å²) in [6.45, 7) is 2.10. The van der Waals surface area contributed by atoms with E-state index >= 15 is 0 Å². The molecule has 2 aromatic carbocycles. The number of rotatable bonds is 3. The van der Waals surface area contributed by atoms with Gasteiger partial charge in [-0.3, -0.25) is 4.79 Å². The minimum absolute atomic E-state index is 0.211. The third kappa shape index (κ3) is 2.85. The van der Waals surface area contributed by atoms with Crippen molar-refractivity contribution in [2.24, 2.45) is 0 Å². The Hall–Kier alpha value is -1.91. The van der Waals surface area contributed by atoms with Crippen LogP contribution in [0.5, 0.6) is 11.5 Å². The molecule has 0 radical (unpaired) electrons. The van der Waals surface area contributed by atoms with E-state index in [9.17, 15) is 4.79 Å². The molecule has 0 fully saturated rings. The maximum absolute atomic E-state index is 12.3. The van der Waals surface area contributed by atoms with Crippen molar-refractivity contribution in [2.75, 3.05) is 6.79 Å². The van der Waals surface area contributed by atoms with Crippen LogP contribution >= 0.6 is 23.2 Å². The molecule has 3 rings (SSSR count). The second-order valence-corrected chi connectivity index (χ2v) is 5.69. The highest BCUT2D eigenvalue weighted by Gasteiger charge is 2.19. The molecule has 114 valence electrons. The zero-order chi connectivity index (χ0) is 15.7. The third-order valence-electron chi connectivity index (χ3n) is 3.44. The predicted molar refractivity (Wildman–Crippen MR) is 84.9 cm³/mol. The van der Waals surface area contributed by atoms with Gasteiger partial charge < -0.3 is 14.8 Å². The Labute approximate surface area is 137 Å². The van der Waals surface area contributed by atoms with Gasteiger partial charge in [0.15, 0.2) is 11.5 Å². The van der Waals surface area contributed by atoms with Gasteiger partial charge in [0.05, 0.1) is 21.7 Å². The summed E-state index contributed by atoms with van der Waals surface area (Å²) in [7, 11) is 0. The Morgan fingerprint density at radius 2 is 1.95 bits per heavy atom. The molecule has 1 atom stereocenters. The highest BCUT2D eigenvalue weighted by atomic mass is 35.5. The monoisotopic (exact) mass is 337 g/mol. The minimum Gasteiger partial charge on any atom is -0.454 e. The fourth-order valence-corrected chi connectivity index (χ4v) is 2.61. The van der Waals surface area contributed by atoms with E-state index in [4.69, 9.17) is 32.7 Å². The molecule has 2 aromatic rings. The lowest BCUT2D eigenvalue weighted by atomic mass is 10.1. The van der Waals surface area contributed by atoms with Gasteiger partial charge >= 0.3 is 0 Å². The first-order chi connectivity index (χ1) is 10.6. The van der Waals surface area contributed by atoms with Crippen molar-refractivity contribution >= 4 is 29.1 Å². The predicted octanol–water partition coefficient (Wildman–Crippen LogP) is 4.21. The fourth-order valence-electron chi connectivity index (χ4n) is 2.22. The number of fused-ring (bicyclic) bond motifs is 1. The highest BCUT2D eigenvalue weighted by Crippen LogP contribution is 2.34. The van der Waals surface area contributed by atoms with Gasteiger partial charge in [-0.1, -0.05) is 35.3 Å². The van der Waals surface area contributed by atoms with E-state index in [0.29, 0.717) is 22.1 Å². The summed E-state index contributed by atoms with van der Waals surface area (Å²) >= 11 is 12.0. The molecule has 1 amide bonds. The van der Waals surface area contributed by atoms with Crippen LogP contribution in [0, 0.1) is 0 Å². The Kier molecular flexibility index (Phi) is 4.14. The van der Waals surface area contributed by atoms with Crippen molar-refractivity contribution in [1.82, 2.24) is 5.32 Å². The van der Waals surface area contributed by atoms with Crippen LogP contribution < -0.4 is 14.8 Å². The number of carbonyl (C=O) groups is 1. The van der Waals surface area contributed by atoms with Crippen molar-refractivity contribution in [1.29, 1.82) is 0 Å². The van der Waals surface area contributed by atoms with Gasteiger partial charge in [0.2, 0.25) is 6.79 Å². The topological polar surface area (TPSA) is 47.6 Å².